The molecule has 0 aromatic heterocycles. The zero-order chi connectivity index (χ0) is 13.6. The Hall–Kier alpha value is -1.76. The molecule has 19 heavy (non-hydrogen) atoms. The summed E-state index contributed by atoms with van der Waals surface area (Å²) in [4.78, 5) is 0. The highest BCUT2D eigenvalue weighted by atomic mass is 14.9. The molecule has 1 heterocycles. The summed E-state index contributed by atoms with van der Waals surface area (Å²) in [6.45, 7) is 9.95. The highest BCUT2D eigenvalue weighted by molar-refractivity contribution is 5.77. The van der Waals surface area contributed by atoms with Crippen LogP contribution in [0.2, 0.25) is 0 Å². The Labute approximate surface area is 115 Å². The molecular weight excluding hydrogens is 230 g/mol. The number of fused-ring (bicyclic) bond motifs is 1. The van der Waals surface area contributed by atoms with Gasteiger partial charge in [-0.15, -0.1) is 0 Å². The standard InChI is InChI=1S/C18H21N/c1-11-9-12(2)14(4)18(13(11)3)16-6-5-15-7-8-19-17(15)10-16/h5-6,9-10,19H,7-8H2,1-4H3. The number of hydrogen-bond acceptors (Lipinski definition) is 1. The van der Waals surface area contributed by atoms with Crippen LogP contribution >= 0.6 is 0 Å². The molecule has 98 valence electrons. The van der Waals surface area contributed by atoms with Crippen LogP contribution in [0.4, 0.5) is 5.69 Å². The molecule has 0 unspecified atom stereocenters. The Morgan fingerprint density at radius 3 is 2.26 bits per heavy atom. The summed E-state index contributed by atoms with van der Waals surface area (Å²) < 4.78 is 0. The van der Waals surface area contributed by atoms with Crippen LogP contribution in [-0.4, -0.2) is 6.54 Å². The van der Waals surface area contributed by atoms with Gasteiger partial charge in [0.1, 0.15) is 0 Å². The number of anilines is 1. The average molecular weight is 251 g/mol. The third-order valence-corrected chi connectivity index (χ3v) is 4.47. The average Bonchev–Trinajstić information content (AvgIpc) is 2.84. The first kappa shape index (κ1) is 12.3. The summed E-state index contributed by atoms with van der Waals surface area (Å²) in [6, 6.07) is 9.16. The van der Waals surface area contributed by atoms with Crippen LogP contribution in [0.1, 0.15) is 27.8 Å². The van der Waals surface area contributed by atoms with Crippen molar-refractivity contribution >= 4 is 5.69 Å². The van der Waals surface area contributed by atoms with E-state index in [1.165, 1.54) is 44.6 Å². The predicted molar refractivity (Wildman–Crippen MR) is 83.0 cm³/mol. The molecular formula is C18H21N. The van der Waals surface area contributed by atoms with E-state index < -0.39 is 0 Å². The predicted octanol–water partition coefficient (Wildman–Crippen LogP) is 4.56. The first-order chi connectivity index (χ1) is 9.08. The Morgan fingerprint density at radius 1 is 0.895 bits per heavy atom. The molecule has 0 radical (unpaired) electrons. The van der Waals surface area contributed by atoms with Gasteiger partial charge in [-0.25, -0.2) is 0 Å². The Morgan fingerprint density at radius 2 is 1.58 bits per heavy atom. The molecule has 0 amide bonds. The second kappa shape index (κ2) is 4.41. The SMILES string of the molecule is Cc1cc(C)c(C)c(-c2ccc3c(c2)NCC3)c1C. The van der Waals surface area contributed by atoms with E-state index in [1.54, 1.807) is 0 Å². The summed E-state index contributed by atoms with van der Waals surface area (Å²) in [6.07, 6.45) is 1.15. The minimum atomic E-state index is 1.07. The number of rotatable bonds is 1. The van der Waals surface area contributed by atoms with Crippen LogP contribution in [-0.2, 0) is 6.42 Å². The lowest BCUT2D eigenvalue weighted by Crippen LogP contribution is -1.96. The molecule has 2 aromatic carbocycles. The van der Waals surface area contributed by atoms with Gasteiger partial charge in [0.15, 0.2) is 0 Å². The summed E-state index contributed by atoms with van der Waals surface area (Å²) in [7, 11) is 0. The quantitative estimate of drug-likeness (QED) is 0.783. The molecule has 0 spiro atoms. The summed E-state index contributed by atoms with van der Waals surface area (Å²) in [5.41, 5.74) is 11.1. The normalized spacial score (nSPS) is 13.3. The zero-order valence-corrected chi connectivity index (χ0v) is 12.2. The van der Waals surface area contributed by atoms with E-state index in [2.05, 4.69) is 57.3 Å². The molecule has 0 saturated heterocycles. The Bertz CT molecular complexity index is 627. The van der Waals surface area contributed by atoms with E-state index in [1.807, 2.05) is 0 Å². The third-order valence-electron chi connectivity index (χ3n) is 4.47. The highest BCUT2D eigenvalue weighted by Gasteiger charge is 2.14. The van der Waals surface area contributed by atoms with Crippen molar-refractivity contribution in [1.82, 2.24) is 0 Å². The Balaban J connectivity index is 2.22. The van der Waals surface area contributed by atoms with Gasteiger partial charge >= 0.3 is 0 Å². The number of benzene rings is 2. The number of aryl methyl sites for hydroxylation is 2. The fourth-order valence-electron chi connectivity index (χ4n) is 3.10. The molecule has 2 aromatic rings. The molecule has 0 fully saturated rings. The minimum Gasteiger partial charge on any atom is -0.384 e. The molecule has 0 saturated carbocycles. The fourth-order valence-corrected chi connectivity index (χ4v) is 3.10. The molecule has 1 N–H and O–H groups in total. The molecule has 0 atom stereocenters. The maximum atomic E-state index is 3.48. The summed E-state index contributed by atoms with van der Waals surface area (Å²) in [5.74, 6) is 0. The van der Waals surface area contributed by atoms with E-state index >= 15 is 0 Å². The second-order valence-corrected chi connectivity index (χ2v) is 5.68. The van der Waals surface area contributed by atoms with E-state index in [0.717, 1.165) is 13.0 Å². The lowest BCUT2D eigenvalue weighted by Gasteiger charge is -2.16. The van der Waals surface area contributed by atoms with Crippen LogP contribution in [0.3, 0.4) is 0 Å². The first-order valence-corrected chi connectivity index (χ1v) is 7.02. The minimum absolute atomic E-state index is 1.07. The molecule has 3 rings (SSSR count). The van der Waals surface area contributed by atoms with Gasteiger partial charge in [0.25, 0.3) is 0 Å². The molecule has 1 aliphatic rings. The molecule has 0 aliphatic carbocycles. The van der Waals surface area contributed by atoms with Crippen LogP contribution in [0.25, 0.3) is 11.1 Å². The van der Waals surface area contributed by atoms with Crippen molar-refractivity contribution in [1.29, 1.82) is 0 Å². The van der Waals surface area contributed by atoms with Crippen LogP contribution in [0, 0.1) is 27.7 Å². The van der Waals surface area contributed by atoms with Crippen molar-refractivity contribution in [3.05, 3.63) is 52.1 Å². The van der Waals surface area contributed by atoms with Crippen LogP contribution in [0.15, 0.2) is 24.3 Å². The van der Waals surface area contributed by atoms with Gasteiger partial charge in [-0.2, -0.15) is 0 Å². The van der Waals surface area contributed by atoms with E-state index in [0.29, 0.717) is 0 Å². The number of hydrogen-bond donors (Lipinski definition) is 1. The van der Waals surface area contributed by atoms with Gasteiger partial charge < -0.3 is 5.32 Å². The molecule has 1 heteroatoms. The van der Waals surface area contributed by atoms with Crippen molar-refractivity contribution in [3.8, 4) is 11.1 Å². The molecule has 1 nitrogen and oxygen atoms in total. The maximum absolute atomic E-state index is 3.48. The maximum Gasteiger partial charge on any atom is 0.0379 e. The van der Waals surface area contributed by atoms with Gasteiger partial charge in [-0.1, -0.05) is 18.2 Å². The smallest absolute Gasteiger partial charge is 0.0379 e. The topological polar surface area (TPSA) is 12.0 Å². The molecule has 0 bridgehead atoms. The van der Waals surface area contributed by atoms with Gasteiger partial charge in [0.2, 0.25) is 0 Å². The largest absolute Gasteiger partial charge is 0.384 e. The summed E-state index contributed by atoms with van der Waals surface area (Å²) in [5, 5.41) is 3.48. The Kier molecular flexibility index (Phi) is 2.85. The van der Waals surface area contributed by atoms with Gasteiger partial charge in [0.05, 0.1) is 0 Å². The highest BCUT2D eigenvalue weighted by Crippen LogP contribution is 2.35. The van der Waals surface area contributed by atoms with Gasteiger partial charge in [-0.05, 0) is 79.1 Å². The lowest BCUT2D eigenvalue weighted by atomic mass is 9.89. The van der Waals surface area contributed by atoms with Crippen molar-refractivity contribution in [3.63, 3.8) is 0 Å². The van der Waals surface area contributed by atoms with Crippen LogP contribution in [0.5, 0.6) is 0 Å². The van der Waals surface area contributed by atoms with E-state index in [-0.39, 0.29) is 0 Å². The lowest BCUT2D eigenvalue weighted by molar-refractivity contribution is 1.11. The molecule has 1 aliphatic heterocycles. The van der Waals surface area contributed by atoms with Gasteiger partial charge in [0, 0.05) is 12.2 Å². The monoisotopic (exact) mass is 251 g/mol. The van der Waals surface area contributed by atoms with Crippen LogP contribution < -0.4 is 5.32 Å². The number of nitrogens with one attached hydrogen (secondary N) is 1. The fraction of sp³-hybridized carbons (Fsp3) is 0.333. The second-order valence-electron chi connectivity index (χ2n) is 5.68. The first-order valence-electron chi connectivity index (χ1n) is 7.02. The third kappa shape index (κ3) is 1.94. The van der Waals surface area contributed by atoms with E-state index in [9.17, 15) is 0 Å². The van der Waals surface area contributed by atoms with Crippen molar-refractivity contribution in [2.24, 2.45) is 0 Å². The van der Waals surface area contributed by atoms with Gasteiger partial charge in [-0.3, -0.25) is 0 Å². The van der Waals surface area contributed by atoms with Crippen molar-refractivity contribution < 1.29 is 0 Å². The van der Waals surface area contributed by atoms with Crippen molar-refractivity contribution in [2.75, 3.05) is 11.9 Å². The zero-order valence-electron chi connectivity index (χ0n) is 12.2. The van der Waals surface area contributed by atoms with E-state index in [4.69, 9.17) is 0 Å². The van der Waals surface area contributed by atoms with Crippen molar-refractivity contribution in [2.45, 2.75) is 34.1 Å². The summed E-state index contributed by atoms with van der Waals surface area (Å²) >= 11 is 0.